The van der Waals surface area contributed by atoms with Gasteiger partial charge in [0.15, 0.2) is 0 Å². The van der Waals surface area contributed by atoms with E-state index in [1.807, 2.05) is 16.8 Å². The number of hydrogen-bond acceptors (Lipinski definition) is 4. The molecule has 0 spiro atoms. The second-order valence-corrected chi connectivity index (χ2v) is 7.36. The fourth-order valence-corrected chi connectivity index (χ4v) is 3.36. The first-order valence-electron chi connectivity index (χ1n) is 9.27. The zero-order valence-electron chi connectivity index (χ0n) is 16.0. The Kier molecular flexibility index (Phi) is 6.06. The van der Waals surface area contributed by atoms with E-state index in [9.17, 15) is 4.79 Å². The summed E-state index contributed by atoms with van der Waals surface area (Å²) in [5, 5.41) is 7.45. The fraction of sp³-hybridized carbons (Fsp3) is 0.500. The minimum Gasteiger partial charge on any atom is -0.351 e. The van der Waals surface area contributed by atoms with Gasteiger partial charge < -0.3 is 15.1 Å². The molecule has 6 nitrogen and oxygen atoms in total. The average Bonchev–Trinajstić information content (AvgIpc) is 3.18. The van der Waals surface area contributed by atoms with Crippen molar-refractivity contribution in [3.05, 3.63) is 53.3 Å². The Hall–Kier alpha value is -2.18. The minimum absolute atomic E-state index is 0.0704. The van der Waals surface area contributed by atoms with E-state index in [-0.39, 0.29) is 5.91 Å². The van der Waals surface area contributed by atoms with Gasteiger partial charge in [-0.1, -0.05) is 30.3 Å². The molecule has 2 aromatic rings. The maximum absolute atomic E-state index is 12.3. The molecule has 1 N–H and O–H groups in total. The van der Waals surface area contributed by atoms with E-state index in [1.165, 1.54) is 5.56 Å². The molecule has 0 unspecified atom stereocenters. The van der Waals surface area contributed by atoms with Crippen molar-refractivity contribution < 1.29 is 4.79 Å². The molecule has 0 saturated heterocycles. The smallest absolute Gasteiger partial charge is 0.271 e. The maximum atomic E-state index is 12.3. The SMILES string of the molecule is CN(CCCNC(=O)c1cc2n(n1)C[C@@H](N(C)C)C2)Cc1ccccc1. The van der Waals surface area contributed by atoms with Crippen LogP contribution in [0.15, 0.2) is 36.4 Å². The minimum atomic E-state index is -0.0704. The number of amides is 1. The lowest BCUT2D eigenvalue weighted by atomic mass is 10.2. The van der Waals surface area contributed by atoms with Gasteiger partial charge in [0.2, 0.25) is 0 Å². The van der Waals surface area contributed by atoms with Crippen molar-refractivity contribution in [2.75, 3.05) is 34.2 Å². The van der Waals surface area contributed by atoms with Gasteiger partial charge in [0.1, 0.15) is 5.69 Å². The summed E-state index contributed by atoms with van der Waals surface area (Å²) in [6.45, 7) is 3.40. The monoisotopic (exact) mass is 355 g/mol. The summed E-state index contributed by atoms with van der Waals surface area (Å²) in [5.74, 6) is -0.0704. The lowest BCUT2D eigenvalue weighted by Crippen LogP contribution is -2.30. The summed E-state index contributed by atoms with van der Waals surface area (Å²) < 4.78 is 1.97. The Morgan fingerprint density at radius 2 is 2.04 bits per heavy atom. The molecule has 2 heterocycles. The number of benzene rings is 1. The third-order valence-electron chi connectivity index (χ3n) is 4.95. The third-order valence-corrected chi connectivity index (χ3v) is 4.95. The van der Waals surface area contributed by atoms with Gasteiger partial charge in [0.25, 0.3) is 5.91 Å². The van der Waals surface area contributed by atoms with Crippen LogP contribution in [0.5, 0.6) is 0 Å². The lowest BCUT2D eigenvalue weighted by Gasteiger charge is -2.17. The Bertz CT molecular complexity index is 702. The number of carbonyl (C=O) groups is 1. The second kappa shape index (κ2) is 8.47. The summed E-state index contributed by atoms with van der Waals surface area (Å²) in [5.41, 5.74) is 2.99. The largest absolute Gasteiger partial charge is 0.351 e. The van der Waals surface area contributed by atoms with Crippen molar-refractivity contribution in [3.8, 4) is 0 Å². The van der Waals surface area contributed by atoms with E-state index >= 15 is 0 Å². The quantitative estimate of drug-likeness (QED) is 0.731. The predicted molar refractivity (Wildman–Crippen MR) is 103 cm³/mol. The second-order valence-electron chi connectivity index (χ2n) is 7.36. The van der Waals surface area contributed by atoms with Gasteiger partial charge in [-0.15, -0.1) is 0 Å². The molecule has 0 radical (unpaired) electrons. The number of fused-ring (bicyclic) bond motifs is 1. The standard InChI is InChI=1S/C20H29N5O/c1-23(2)18-12-17-13-19(22-25(17)15-18)20(26)21-10-7-11-24(3)14-16-8-5-4-6-9-16/h4-6,8-9,13,18H,7,10-12,14-15H2,1-3H3,(H,21,26)/t18-/m0/s1. The zero-order valence-corrected chi connectivity index (χ0v) is 16.0. The number of likely N-dealkylation sites (N-methyl/N-ethyl adjacent to an activating group) is 1. The molecule has 0 fully saturated rings. The van der Waals surface area contributed by atoms with E-state index in [0.717, 1.165) is 38.2 Å². The topological polar surface area (TPSA) is 53.4 Å². The number of hydrogen-bond donors (Lipinski definition) is 1. The Labute approximate surface area is 155 Å². The first-order chi connectivity index (χ1) is 12.5. The summed E-state index contributed by atoms with van der Waals surface area (Å²) >= 11 is 0. The van der Waals surface area contributed by atoms with Crippen molar-refractivity contribution in [1.29, 1.82) is 0 Å². The predicted octanol–water partition coefficient (Wildman–Crippen LogP) is 1.62. The van der Waals surface area contributed by atoms with E-state index < -0.39 is 0 Å². The highest BCUT2D eigenvalue weighted by atomic mass is 16.1. The normalized spacial score (nSPS) is 16.3. The molecule has 26 heavy (non-hydrogen) atoms. The van der Waals surface area contributed by atoms with Gasteiger partial charge in [-0.05, 0) is 45.7 Å². The summed E-state index contributed by atoms with van der Waals surface area (Å²) in [6.07, 6.45) is 1.88. The molecule has 1 amide bonds. The summed E-state index contributed by atoms with van der Waals surface area (Å²) in [7, 11) is 6.27. The van der Waals surface area contributed by atoms with Crippen LogP contribution < -0.4 is 5.32 Å². The van der Waals surface area contributed by atoms with Crippen molar-refractivity contribution >= 4 is 5.91 Å². The van der Waals surface area contributed by atoms with Crippen LogP contribution in [0.2, 0.25) is 0 Å². The number of nitrogens with zero attached hydrogens (tertiary/aromatic N) is 4. The molecule has 1 aromatic carbocycles. The molecular weight excluding hydrogens is 326 g/mol. The van der Waals surface area contributed by atoms with E-state index in [4.69, 9.17) is 0 Å². The van der Waals surface area contributed by atoms with Gasteiger partial charge in [-0.2, -0.15) is 5.10 Å². The summed E-state index contributed by atoms with van der Waals surface area (Å²) in [4.78, 5) is 16.8. The van der Waals surface area contributed by atoms with Crippen molar-refractivity contribution in [1.82, 2.24) is 24.9 Å². The molecule has 0 aliphatic carbocycles. The van der Waals surface area contributed by atoms with Crippen molar-refractivity contribution in [3.63, 3.8) is 0 Å². The molecule has 1 aliphatic rings. The molecule has 1 aromatic heterocycles. The van der Waals surface area contributed by atoms with E-state index in [1.54, 1.807) is 0 Å². The zero-order chi connectivity index (χ0) is 18.5. The number of rotatable bonds is 8. The van der Waals surface area contributed by atoms with Gasteiger partial charge in [0, 0.05) is 31.2 Å². The van der Waals surface area contributed by atoms with E-state index in [2.05, 4.69) is 65.6 Å². The molecule has 0 saturated carbocycles. The van der Waals surface area contributed by atoms with Crippen LogP contribution in [-0.2, 0) is 19.5 Å². The van der Waals surface area contributed by atoms with E-state index in [0.29, 0.717) is 18.3 Å². The van der Waals surface area contributed by atoms with Gasteiger partial charge in [0.05, 0.1) is 6.54 Å². The van der Waals surface area contributed by atoms with Crippen LogP contribution >= 0.6 is 0 Å². The maximum Gasteiger partial charge on any atom is 0.271 e. The molecule has 6 heteroatoms. The molecule has 0 bridgehead atoms. The molecule has 3 rings (SSSR count). The van der Waals surface area contributed by atoms with Gasteiger partial charge >= 0.3 is 0 Å². The highest BCUT2D eigenvalue weighted by Gasteiger charge is 2.26. The van der Waals surface area contributed by atoms with Crippen LogP contribution in [0.4, 0.5) is 0 Å². The van der Waals surface area contributed by atoms with Crippen LogP contribution in [0.1, 0.15) is 28.2 Å². The Morgan fingerprint density at radius 3 is 2.73 bits per heavy atom. The first kappa shape index (κ1) is 18.6. The van der Waals surface area contributed by atoms with Gasteiger partial charge in [-0.25, -0.2) is 0 Å². The highest BCUT2D eigenvalue weighted by molar-refractivity contribution is 5.92. The Morgan fingerprint density at radius 1 is 1.27 bits per heavy atom. The lowest BCUT2D eigenvalue weighted by molar-refractivity contribution is 0.0945. The number of nitrogens with one attached hydrogen (secondary N) is 1. The first-order valence-corrected chi connectivity index (χ1v) is 9.27. The number of carbonyl (C=O) groups excluding carboxylic acids is 1. The molecule has 140 valence electrons. The average molecular weight is 355 g/mol. The van der Waals surface area contributed by atoms with Crippen LogP contribution in [0.25, 0.3) is 0 Å². The Balaban J connectivity index is 1.38. The molecular formula is C20H29N5O. The highest BCUT2D eigenvalue weighted by Crippen LogP contribution is 2.18. The number of aromatic nitrogens is 2. The van der Waals surface area contributed by atoms with Crippen molar-refractivity contribution in [2.24, 2.45) is 0 Å². The van der Waals surface area contributed by atoms with Crippen LogP contribution in [0, 0.1) is 0 Å². The van der Waals surface area contributed by atoms with Crippen LogP contribution in [0.3, 0.4) is 0 Å². The molecule has 1 aliphatic heterocycles. The van der Waals surface area contributed by atoms with Crippen molar-refractivity contribution in [2.45, 2.75) is 32.0 Å². The van der Waals surface area contributed by atoms with Crippen LogP contribution in [-0.4, -0.2) is 65.8 Å². The fourth-order valence-electron chi connectivity index (χ4n) is 3.36. The summed E-state index contributed by atoms with van der Waals surface area (Å²) in [6, 6.07) is 12.8. The van der Waals surface area contributed by atoms with Gasteiger partial charge in [-0.3, -0.25) is 9.48 Å². The molecule has 1 atom stereocenters. The third kappa shape index (κ3) is 4.71.